The van der Waals surface area contributed by atoms with Crippen molar-refractivity contribution in [2.45, 2.75) is 13.1 Å². The summed E-state index contributed by atoms with van der Waals surface area (Å²) in [5.41, 5.74) is 3.44. The SMILES string of the molecule is Cc1cccc(-c2cccc(C[P+](=O)c3ccccc3)n2)n1. The molecule has 3 rings (SSSR count). The lowest BCUT2D eigenvalue weighted by Gasteiger charge is -2.02. The molecule has 2 aromatic heterocycles. The Hall–Kier alpha value is -2.38. The van der Waals surface area contributed by atoms with Crippen molar-refractivity contribution in [1.29, 1.82) is 0 Å². The van der Waals surface area contributed by atoms with E-state index in [1.54, 1.807) is 0 Å². The van der Waals surface area contributed by atoms with Gasteiger partial charge in [0.15, 0.2) is 11.5 Å². The number of aromatic nitrogens is 2. The molecule has 0 N–H and O–H groups in total. The number of aryl methyl sites for hydroxylation is 1. The molecule has 0 saturated carbocycles. The second kappa shape index (κ2) is 6.59. The van der Waals surface area contributed by atoms with E-state index < -0.39 is 7.80 Å². The molecule has 0 saturated heterocycles. The van der Waals surface area contributed by atoms with Crippen LogP contribution < -0.4 is 5.30 Å². The lowest BCUT2D eigenvalue weighted by atomic mass is 10.2. The van der Waals surface area contributed by atoms with Crippen LogP contribution in [0, 0.1) is 6.92 Å². The summed E-state index contributed by atoms with van der Waals surface area (Å²) >= 11 is 0. The first-order valence-corrected chi connectivity index (χ1v) is 8.56. The van der Waals surface area contributed by atoms with Gasteiger partial charge in [-0.05, 0) is 43.3 Å². The average molecular weight is 307 g/mol. The van der Waals surface area contributed by atoms with Gasteiger partial charge in [0.2, 0.25) is 0 Å². The summed E-state index contributed by atoms with van der Waals surface area (Å²) in [7, 11) is -1.47. The van der Waals surface area contributed by atoms with Crippen molar-refractivity contribution < 1.29 is 4.57 Å². The zero-order valence-corrected chi connectivity index (χ0v) is 13.2. The molecule has 2 heterocycles. The monoisotopic (exact) mass is 307 g/mol. The van der Waals surface area contributed by atoms with Gasteiger partial charge in [0.1, 0.15) is 0 Å². The molecule has 1 aromatic carbocycles. The quantitative estimate of drug-likeness (QED) is 0.681. The van der Waals surface area contributed by atoms with E-state index >= 15 is 0 Å². The minimum absolute atomic E-state index is 0.443. The Labute approximate surface area is 130 Å². The molecule has 0 aliphatic rings. The van der Waals surface area contributed by atoms with Crippen molar-refractivity contribution in [3.63, 3.8) is 0 Å². The Bertz CT molecular complexity index is 803. The molecule has 1 unspecified atom stereocenters. The highest BCUT2D eigenvalue weighted by molar-refractivity contribution is 7.52. The predicted octanol–water partition coefficient (Wildman–Crippen LogP) is 4.10. The summed E-state index contributed by atoms with van der Waals surface area (Å²) < 4.78 is 12.4. The van der Waals surface area contributed by atoms with Gasteiger partial charge < -0.3 is 0 Å². The number of rotatable bonds is 4. The van der Waals surface area contributed by atoms with Gasteiger partial charge in [-0.2, -0.15) is 0 Å². The van der Waals surface area contributed by atoms with Crippen LogP contribution in [0.4, 0.5) is 0 Å². The van der Waals surface area contributed by atoms with Crippen LogP contribution in [0.3, 0.4) is 0 Å². The highest BCUT2D eigenvalue weighted by Gasteiger charge is 2.20. The molecule has 0 amide bonds. The van der Waals surface area contributed by atoms with E-state index in [1.165, 1.54) is 0 Å². The zero-order chi connectivity index (χ0) is 15.4. The molecule has 3 aromatic rings. The van der Waals surface area contributed by atoms with Crippen molar-refractivity contribution in [2.24, 2.45) is 0 Å². The topological polar surface area (TPSA) is 42.9 Å². The van der Waals surface area contributed by atoms with Crippen LogP contribution in [0.15, 0.2) is 66.7 Å². The Balaban J connectivity index is 1.84. The Kier molecular flexibility index (Phi) is 4.36. The number of hydrogen-bond donors (Lipinski definition) is 0. The summed E-state index contributed by atoms with van der Waals surface area (Å²) in [6.07, 6.45) is 0.443. The average Bonchev–Trinajstić information content (AvgIpc) is 2.56. The maximum absolute atomic E-state index is 12.4. The Morgan fingerprint density at radius 1 is 0.818 bits per heavy atom. The molecule has 1 atom stereocenters. The van der Waals surface area contributed by atoms with E-state index in [0.29, 0.717) is 6.16 Å². The molecule has 0 fully saturated rings. The van der Waals surface area contributed by atoms with Crippen molar-refractivity contribution in [1.82, 2.24) is 9.97 Å². The van der Waals surface area contributed by atoms with Crippen molar-refractivity contribution in [3.8, 4) is 11.4 Å². The van der Waals surface area contributed by atoms with Crippen LogP contribution in [0.5, 0.6) is 0 Å². The number of nitrogens with zero attached hydrogens (tertiary/aromatic N) is 2. The highest BCUT2D eigenvalue weighted by atomic mass is 31.1. The Morgan fingerprint density at radius 3 is 2.23 bits per heavy atom. The predicted molar refractivity (Wildman–Crippen MR) is 89.6 cm³/mol. The minimum atomic E-state index is -1.47. The fraction of sp³-hybridized carbons (Fsp3) is 0.111. The molecule has 3 nitrogen and oxygen atoms in total. The third-order valence-electron chi connectivity index (χ3n) is 3.31. The number of pyridine rings is 2. The molecular formula is C18H16N2OP+. The van der Waals surface area contributed by atoms with Crippen LogP contribution in [-0.2, 0) is 10.7 Å². The fourth-order valence-corrected chi connectivity index (χ4v) is 3.39. The summed E-state index contributed by atoms with van der Waals surface area (Å²) in [4.78, 5) is 9.09. The van der Waals surface area contributed by atoms with Gasteiger partial charge in [-0.15, -0.1) is 0 Å². The molecule has 4 heteroatoms. The maximum Gasteiger partial charge on any atom is 0.383 e. The van der Waals surface area contributed by atoms with Crippen LogP contribution in [0.1, 0.15) is 11.4 Å². The summed E-state index contributed by atoms with van der Waals surface area (Å²) in [5, 5.41) is 0.860. The van der Waals surface area contributed by atoms with Gasteiger partial charge in [0.25, 0.3) is 0 Å². The first kappa shape index (κ1) is 14.6. The van der Waals surface area contributed by atoms with E-state index in [2.05, 4.69) is 9.97 Å². The molecule has 0 aliphatic heterocycles. The molecule has 0 spiro atoms. The fourth-order valence-electron chi connectivity index (χ4n) is 2.23. The molecule has 22 heavy (non-hydrogen) atoms. The summed E-state index contributed by atoms with van der Waals surface area (Å²) in [6, 6.07) is 21.2. The first-order valence-electron chi connectivity index (χ1n) is 7.12. The zero-order valence-electron chi connectivity index (χ0n) is 12.3. The lowest BCUT2D eigenvalue weighted by molar-refractivity contribution is 0.592. The number of benzene rings is 1. The van der Waals surface area contributed by atoms with Gasteiger partial charge in [-0.3, -0.25) is 4.98 Å². The second-order valence-electron chi connectivity index (χ2n) is 5.05. The van der Waals surface area contributed by atoms with Gasteiger partial charge >= 0.3 is 7.80 Å². The highest BCUT2D eigenvalue weighted by Crippen LogP contribution is 2.26. The van der Waals surface area contributed by atoms with E-state index in [1.807, 2.05) is 73.7 Å². The molecule has 0 bridgehead atoms. The number of hydrogen-bond acceptors (Lipinski definition) is 3. The van der Waals surface area contributed by atoms with Crippen LogP contribution in [0.25, 0.3) is 11.4 Å². The van der Waals surface area contributed by atoms with E-state index in [4.69, 9.17) is 0 Å². The summed E-state index contributed by atoms with van der Waals surface area (Å²) in [6.45, 7) is 1.96. The van der Waals surface area contributed by atoms with Crippen molar-refractivity contribution in [2.75, 3.05) is 0 Å². The smallest absolute Gasteiger partial charge is 0.251 e. The maximum atomic E-state index is 12.4. The molecule has 0 aliphatic carbocycles. The van der Waals surface area contributed by atoms with Crippen LogP contribution in [-0.4, -0.2) is 9.97 Å². The van der Waals surface area contributed by atoms with Crippen LogP contribution in [0.2, 0.25) is 0 Å². The van der Waals surface area contributed by atoms with Gasteiger partial charge in [0, 0.05) is 5.69 Å². The van der Waals surface area contributed by atoms with Gasteiger partial charge in [-0.1, -0.05) is 34.9 Å². The van der Waals surface area contributed by atoms with E-state index in [-0.39, 0.29) is 0 Å². The van der Waals surface area contributed by atoms with Crippen molar-refractivity contribution >= 4 is 13.1 Å². The molecular weight excluding hydrogens is 291 g/mol. The summed E-state index contributed by atoms with van der Waals surface area (Å²) in [5.74, 6) is 0. The molecule has 0 radical (unpaired) electrons. The lowest BCUT2D eigenvalue weighted by Crippen LogP contribution is -1.98. The van der Waals surface area contributed by atoms with Crippen molar-refractivity contribution in [3.05, 3.63) is 78.1 Å². The third kappa shape index (κ3) is 3.44. The second-order valence-corrected chi connectivity index (χ2v) is 6.64. The Morgan fingerprint density at radius 2 is 1.50 bits per heavy atom. The van der Waals surface area contributed by atoms with E-state index in [9.17, 15) is 4.57 Å². The largest absolute Gasteiger partial charge is 0.383 e. The molecule has 108 valence electrons. The minimum Gasteiger partial charge on any atom is -0.251 e. The first-order chi connectivity index (χ1) is 10.7. The normalized spacial score (nSPS) is 11.2. The van der Waals surface area contributed by atoms with E-state index in [0.717, 1.165) is 28.1 Å². The van der Waals surface area contributed by atoms with Gasteiger partial charge in [0.05, 0.1) is 17.1 Å². The third-order valence-corrected chi connectivity index (χ3v) is 4.79. The standard InChI is InChI=1S/C18H16N2OP/c1-14-7-5-11-17(19-14)18-12-6-8-15(20-18)13-22(21)16-9-3-2-4-10-16/h2-12H,13H2,1H3/q+1. The van der Waals surface area contributed by atoms with Gasteiger partial charge in [-0.25, -0.2) is 4.98 Å². The van der Waals surface area contributed by atoms with Crippen LogP contribution >= 0.6 is 7.80 Å².